The monoisotopic (exact) mass is 537 g/mol. The summed E-state index contributed by atoms with van der Waals surface area (Å²) in [5.41, 5.74) is 1.13. The van der Waals surface area contributed by atoms with Crippen molar-refractivity contribution in [3.63, 3.8) is 0 Å². The predicted molar refractivity (Wildman–Crippen MR) is 137 cm³/mol. The fourth-order valence-corrected chi connectivity index (χ4v) is 5.08. The summed E-state index contributed by atoms with van der Waals surface area (Å²) in [6.45, 7) is 3.56. The van der Waals surface area contributed by atoms with E-state index < -0.39 is 12.1 Å². The molecule has 0 radical (unpaired) electrons. The van der Waals surface area contributed by atoms with Crippen molar-refractivity contribution in [3.05, 3.63) is 61.7 Å². The van der Waals surface area contributed by atoms with Gasteiger partial charge in [0.05, 0.1) is 26.8 Å². The molecular weight excluding hydrogens is 513 g/mol. The molecule has 0 spiro atoms. The lowest BCUT2D eigenvalue weighted by atomic mass is 10.1. The average Bonchev–Trinajstić information content (AvgIpc) is 3.20. The number of H-pyrrole nitrogens is 1. The molecule has 2 aromatic carbocycles. The van der Waals surface area contributed by atoms with Gasteiger partial charge in [0.25, 0.3) is 5.91 Å². The van der Waals surface area contributed by atoms with Crippen LogP contribution in [0.4, 0.5) is 0 Å². The number of benzene rings is 2. The van der Waals surface area contributed by atoms with Crippen molar-refractivity contribution in [1.29, 1.82) is 0 Å². The van der Waals surface area contributed by atoms with Gasteiger partial charge in [0.2, 0.25) is 0 Å². The van der Waals surface area contributed by atoms with Gasteiger partial charge in [-0.3, -0.25) is 19.3 Å². The van der Waals surface area contributed by atoms with E-state index in [2.05, 4.69) is 15.2 Å². The number of nitrogens with one attached hydrogen (secondary N) is 2. The van der Waals surface area contributed by atoms with Gasteiger partial charge in [0, 0.05) is 38.2 Å². The fourth-order valence-electron chi connectivity index (χ4n) is 4.01. The summed E-state index contributed by atoms with van der Waals surface area (Å²) < 4.78 is 12.2. The third-order valence-corrected chi connectivity index (χ3v) is 7.28. The zero-order valence-corrected chi connectivity index (χ0v) is 21.3. The second kappa shape index (κ2) is 11.4. The van der Waals surface area contributed by atoms with E-state index in [4.69, 9.17) is 32.7 Å². The van der Waals surface area contributed by atoms with Crippen molar-refractivity contribution in [3.8, 4) is 5.75 Å². The topological polar surface area (TPSA) is 101 Å². The Balaban J connectivity index is 1.29. The van der Waals surface area contributed by atoms with Gasteiger partial charge >= 0.3 is 10.8 Å². The molecule has 0 saturated carbocycles. The highest BCUT2D eigenvalue weighted by molar-refractivity contribution is 7.16. The lowest BCUT2D eigenvalue weighted by molar-refractivity contribution is -0.147. The quantitative estimate of drug-likeness (QED) is 0.419. The second-order valence-electron chi connectivity index (χ2n) is 8.36. The molecule has 1 amide bonds. The number of carbonyl (C=O) groups excluding carboxylic acids is 2. The minimum Gasteiger partial charge on any atom is -0.490 e. The summed E-state index contributed by atoms with van der Waals surface area (Å²) in [5, 5.41) is 3.78. The molecule has 1 aliphatic rings. The maximum absolute atomic E-state index is 12.7. The Bertz CT molecular complexity index is 1270. The molecule has 8 nitrogen and oxygen atoms in total. The lowest BCUT2D eigenvalue weighted by Gasteiger charge is -2.34. The zero-order chi connectivity index (χ0) is 24.9. The molecule has 0 unspecified atom stereocenters. The Kier molecular flexibility index (Phi) is 8.33. The van der Waals surface area contributed by atoms with Crippen LogP contribution < -0.4 is 14.9 Å². The number of nitrogens with zero attached hydrogens (tertiary/aromatic N) is 1. The van der Waals surface area contributed by atoms with E-state index in [0.29, 0.717) is 38.1 Å². The molecular formula is C24H25Cl2N3O5S. The van der Waals surface area contributed by atoms with Crippen LogP contribution in [-0.4, -0.2) is 60.1 Å². The lowest BCUT2D eigenvalue weighted by Crippen LogP contribution is -2.46. The Morgan fingerprint density at radius 2 is 1.94 bits per heavy atom. The number of carbonyl (C=O) groups is 2. The number of hydrogen-bond donors (Lipinski definition) is 2. The van der Waals surface area contributed by atoms with Gasteiger partial charge < -0.3 is 19.8 Å². The molecule has 1 aromatic heterocycles. The molecule has 35 heavy (non-hydrogen) atoms. The number of amides is 1. The molecule has 2 heterocycles. The highest BCUT2D eigenvalue weighted by Gasteiger charge is 2.25. The smallest absolute Gasteiger partial charge is 0.305 e. The van der Waals surface area contributed by atoms with Gasteiger partial charge in [-0.05, 0) is 43.2 Å². The molecule has 3 aromatic rings. The minimum atomic E-state index is -0.490. The summed E-state index contributed by atoms with van der Waals surface area (Å²) in [6, 6.07) is 10.3. The maximum atomic E-state index is 12.7. The minimum absolute atomic E-state index is 0.0504. The molecule has 0 bridgehead atoms. The first-order valence-electron chi connectivity index (χ1n) is 11.2. The number of aromatic amines is 1. The Labute approximate surface area is 216 Å². The van der Waals surface area contributed by atoms with Crippen molar-refractivity contribution >= 4 is 56.6 Å². The van der Waals surface area contributed by atoms with Gasteiger partial charge in [-0.2, -0.15) is 0 Å². The van der Waals surface area contributed by atoms with E-state index in [-0.39, 0.29) is 23.4 Å². The molecule has 1 aliphatic heterocycles. The van der Waals surface area contributed by atoms with Crippen molar-refractivity contribution in [1.82, 2.24) is 15.2 Å². The van der Waals surface area contributed by atoms with Crippen LogP contribution in [0.1, 0.15) is 30.1 Å². The second-order valence-corrected chi connectivity index (χ2v) is 10.2. The molecule has 2 N–H and O–H groups in total. The normalized spacial score (nSPS) is 15.6. The SMILES string of the molecule is CC(=O)O[C@H](CNC(=O)c1ccc2[nH]c(=O)sc2c1)CN1CCC(Oc2ccc(Cl)c(Cl)c2)CC1. The Morgan fingerprint density at radius 1 is 1.17 bits per heavy atom. The number of likely N-dealkylation sites (tertiary alicyclic amines) is 1. The van der Waals surface area contributed by atoms with E-state index in [1.54, 1.807) is 36.4 Å². The molecule has 11 heteroatoms. The number of aromatic nitrogens is 1. The van der Waals surface area contributed by atoms with Crippen LogP contribution in [-0.2, 0) is 9.53 Å². The number of esters is 1. The van der Waals surface area contributed by atoms with E-state index in [9.17, 15) is 14.4 Å². The number of fused-ring (bicyclic) bond motifs is 1. The Hall–Kier alpha value is -2.59. The summed E-state index contributed by atoms with van der Waals surface area (Å²) in [7, 11) is 0. The fraction of sp³-hybridized carbons (Fsp3) is 0.375. The van der Waals surface area contributed by atoms with Gasteiger partial charge in [0.1, 0.15) is 18.0 Å². The first-order chi connectivity index (χ1) is 16.8. The number of thiazole rings is 1. The van der Waals surface area contributed by atoms with Gasteiger partial charge in [0.15, 0.2) is 0 Å². The van der Waals surface area contributed by atoms with E-state index in [1.165, 1.54) is 6.92 Å². The number of rotatable bonds is 8. The van der Waals surface area contributed by atoms with Crippen LogP contribution >= 0.6 is 34.5 Å². The summed E-state index contributed by atoms with van der Waals surface area (Å²) in [4.78, 5) is 40.5. The number of halogens is 2. The third-order valence-electron chi connectivity index (χ3n) is 5.70. The summed E-state index contributed by atoms with van der Waals surface area (Å²) in [5.74, 6) is -0.0114. The first kappa shape index (κ1) is 25.5. The van der Waals surface area contributed by atoms with Crippen LogP contribution in [0.2, 0.25) is 10.0 Å². The zero-order valence-electron chi connectivity index (χ0n) is 19.0. The van der Waals surface area contributed by atoms with Crippen LogP contribution in [0.3, 0.4) is 0 Å². The molecule has 1 fully saturated rings. The molecule has 1 saturated heterocycles. The highest BCUT2D eigenvalue weighted by atomic mass is 35.5. The van der Waals surface area contributed by atoms with Crippen molar-refractivity contribution < 1.29 is 19.1 Å². The molecule has 186 valence electrons. The molecule has 0 aliphatic carbocycles. The average molecular weight is 538 g/mol. The van der Waals surface area contributed by atoms with Crippen LogP contribution in [0.5, 0.6) is 5.75 Å². The van der Waals surface area contributed by atoms with E-state index >= 15 is 0 Å². The number of ether oxygens (including phenoxy) is 2. The molecule has 4 rings (SSSR count). The summed E-state index contributed by atoms with van der Waals surface area (Å²) in [6.07, 6.45) is 1.17. The maximum Gasteiger partial charge on any atom is 0.305 e. The largest absolute Gasteiger partial charge is 0.490 e. The highest BCUT2D eigenvalue weighted by Crippen LogP contribution is 2.28. The van der Waals surface area contributed by atoms with Gasteiger partial charge in [-0.25, -0.2) is 0 Å². The third kappa shape index (κ3) is 6.98. The van der Waals surface area contributed by atoms with Crippen LogP contribution in [0, 0.1) is 0 Å². The van der Waals surface area contributed by atoms with Crippen LogP contribution in [0.15, 0.2) is 41.2 Å². The van der Waals surface area contributed by atoms with Crippen molar-refractivity contribution in [2.24, 2.45) is 0 Å². The van der Waals surface area contributed by atoms with Crippen molar-refractivity contribution in [2.75, 3.05) is 26.2 Å². The van der Waals surface area contributed by atoms with Gasteiger partial charge in [-0.15, -0.1) is 0 Å². The number of hydrogen-bond acceptors (Lipinski definition) is 7. The number of piperidine rings is 1. The molecule has 1 atom stereocenters. The van der Waals surface area contributed by atoms with Crippen molar-refractivity contribution in [2.45, 2.75) is 32.0 Å². The standard InChI is InChI=1S/C24H25Cl2N3O5S/c1-14(30)33-18(12-27-23(31)15-2-5-21-22(10-15)35-24(32)28-21)13-29-8-6-16(7-9-29)34-17-3-4-19(25)20(26)11-17/h2-5,10-11,16,18H,6-9,12-13H2,1H3,(H,27,31)(H,28,32)/t18-/m1/s1. The van der Waals surface area contributed by atoms with Gasteiger partial charge in [-0.1, -0.05) is 34.5 Å². The Morgan fingerprint density at radius 3 is 2.66 bits per heavy atom. The van der Waals surface area contributed by atoms with E-state index in [1.807, 2.05) is 0 Å². The van der Waals surface area contributed by atoms with E-state index in [0.717, 1.165) is 37.3 Å². The first-order valence-corrected chi connectivity index (χ1v) is 12.8. The summed E-state index contributed by atoms with van der Waals surface area (Å²) >= 11 is 13.1. The predicted octanol–water partition coefficient (Wildman–Crippen LogP) is 4.10. The van der Waals surface area contributed by atoms with Crippen LogP contribution in [0.25, 0.3) is 10.2 Å².